The van der Waals surface area contributed by atoms with Gasteiger partial charge in [0.05, 0.1) is 23.7 Å². The van der Waals surface area contributed by atoms with Crippen LogP contribution in [0.15, 0.2) is 29.6 Å². The summed E-state index contributed by atoms with van der Waals surface area (Å²) in [5, 5.41) is 13.7. The normalized spacial score (nSPS) is 14.4. The number of hydrogen-bond donors (Lipinski definition) is 1. The van der Waals surface area contributed by atoms with Gasteiger partial charge in [-0.15, -0.1) is 11.3 Å². The van der Waals surface area contributed by atoms with E-state index in [1.807, 2.05) is 6.07 Å². The fourth-order valence-electron chi connectivity index (χ4n) is 2.66. The minimum absolute atomic E-state index is 0.0385. The van der Waals surface area contributed by atoms with Crippen molar-refractivity contribution in [1.29, 1.82) is 5.26 Å². The summed E-state index contributed by atoms with van der Waals surface area (Å²) in [6.45, 7) is 2.12. The number of carbonyl (C=O) groups is 3. The third kappa shape index (κ3) is 4.72. The van der Waals surface area contributed by atoms with E-state index in [9.17, 15) is 14.4 Å². The zero-order valence-electron chi connectivity index (χ0n) is 15.2. The number of hydrogen-bond acceptors (Lipinski definition) is 7. The summed E-state index contributed by atoms with van der Waals surface area (Å²) in [5.41, 5.74) is 1.49. The zero-order chi connectivity index (χ0) is 20.1. The highest BCUT2D eigenvalue weighted by atomic mass is 32.1. The third-order valence-corrected chi connectivity index (χ3v) is 5.04. The molecule has 0 spiro atoms. The molecule has 9 heteroatoms. The third-order valence-electron chi connectivity index (χ3n) is 4.13. The fourth-order valence-corrected chi connectivity index (χ4v) is 3.53. The fraction of sp³-hybridized carbons (Fsp3) is 0.316. The summed E-state index contributed by atoms with van der Waals surface area (Å²) in [7, 11) is 0. The van der Waals surface area contributed by atoms with Gasteiger partial charge >= 0.3 is 5.97 Å². The van der Waals surface area contributed by atoms with Crippen LogP contribution in [0.2, 0.25) is 0 Å². The van der Waals surface area contributed by atoms with Crippen molar-refractivity contribution in [3.8, 4) is 6.07 Å². The highest BCUT2D eigenvalue weighted by molar-refractivity contribution is 7.14. The molecule has 1 aliphatic rings. The second-order valence-electron chi connectivity index (χ2n) is 6.26. The van der Waals surface area contributed by atoms with Crippen molar-refractivity contribution < 1.29 is 19.1 Å². The molecule has 1 aromatic heterocycles. The molecule has 0 aliphatic carbocycles. The number of benzene rings is 1. The molecule has 1 atom stereocenters. The summed E-state index contributed by atoms with van der Waals surface area (Å²) in [6, 6.07) is 8.35. The second-order valence-corrected chi connectivity index (χ2v) is 7.09. The number of anilines is 2. The Kier molecular flexibility index (Phi) is 6.01. The number of esters is 1. The molecule has 1 fully saturated rings. The molecule has 1 N–H and O–H groups in total. The van der Waals surface area contributed by atoms with E-state index in [0.29, 0.717) is 35.0 Å². The topological polar surface area (TPSA) is 112 Å². The molecular formula is C19H18N4O4S. The standard InChI is InChI=1S/C19H18N4O4S/c1-12(18(26)21-14-6-4-13(10-20)5-7-14)27-17(25)9-15-11-28-19(22-15)23-8-2-3-16(23)24/h4-7,11-12H,2-3,8-9H2,1H3,(H,21,26)/t12-/m1/s1. The van der Waals surface area contributed by atoms with Crippen LogP contribution >= 0.6 is 11.3 Å². The molecule has 0 unspecified atom stereocenters. The Hall–Kier alpha value is -3.25. The highest BCUT2D eigenvalue weighted by Crippen LogP contribution is 2.25. The van der Waals surface area contributed by atoms with E-state index in [1.165, 1.54) is 18.3 Å². The van der Waals surface area contributed by atoms with E-state index in [0.717, 1.165) is 6.42 Å². The first-order chi connectivity index (χ1) is 13.5. The van der Waals surface area contributed by atoms with Crippen molar-refractivity contribution in [3.63, 3.8) is 0 Å². The van der Waals surface area contributed by atoms with E-state index in [2.05, 4.69) is 10.3 Å². The molecule has 28 heavy (non-hydrogen) atoms. The Bertz CT molecular complexity index is 932. The second kappa shape index (κ2) is 8.63. The predicted molar refractivity (Wildman–Crippen MR) is 103 cm³/mol. The van der Waals surface area contributed by atoms with Gasteiger partial charge in [-0.25, -0.2) is 4.98 Å². The van der Waals surface area contributed by atoms with Crippen LogP contribution in [-0.2, 0) is 25.5 Å². The summed E-state index contributed by atoms with van der Waals surface area (Å²) < 4.78 is 5.17. The lowest BCUT2D eigenvalue weighted by molar-refractivity contribution is -0.152. The maximum Gasteiger partial charge on any atom is 0.312 e. The van der Waals surface area contributed by atoms with Gasteiger partial charge < -0.3 is 10.1 Å². The summed E-state index contributed by atoms with van der Waals surface area (Å²) in [5.74, 6) is -1.01. The van der Waals surface area contributed by atoms with Crippen molar-refractivity contribution in [2.24, 2.45) is 0 Å². The van der Waals surface area contributed by atoms with Crippen LogP contribution in [0.25, 0.3) is 0 Å². The molecule has 3 rings (SSSR count). The molecule has 2 aromatic rings. The molecule has 0 bridgehead atoms. The number of nitrogens with zero attached hydrogens (tertiary/aromatic N) is 3. The van der Waals surface area contributed by atoms with Crippen LogP contribution in [0.1, 0.15) is 31.0 Å². The van der Waals surface area contributed by atoms with Gasteiger partial charge in [-0.1, -0.05) is 0 Å². The Labute approximate surface area is 165 Å². The SMILES string of the molecule is C[C@@H](OC(=O)Cc1csc(N2CCCC2=O)n1)C(=O)Nc1ccc(C#N)cc1. The zero-order valence-corrected chi connectivity index (χ0v) is 16.0. The number of aromatic nitrogens is 1. The largest absolute Gasteiger partial charge is 0.452 e. The molecule has 0 saturated carbocycles. The van der Waals surface area contributed by atoms with Gasteiger partial charge in [0.25, 0.3) is 5.91 Å². The van der Waals surface area contributed by atoms with E-state index < -0.39 is 18.0 Å². The lowest BCUT2D eigenvalue weighted by Crippen LogP contribution is -2.30. The molecule has 1 saturated heterocycles. The van der Waals surface area contributed by atoms with Crippen LogP contribution in [0, 0.1) is 11.3 Å². The first-order valence-corrected chi connectivity index (χ1v) is 9.59. The maximum atomic E-state index is 12.2. The maximum absolute atomic E-state index is 12.2. The van der Waals surface area contributed by atoms with Crippen LogP contribution in [0.5, 0.6) is 0 Å². The van der Waals surface area contributed by atoms with Crippen molar-refractivity contribution in [2.45, 2.75) is 32.3 Å². The Balaban J connectivity index is 1.51. The molecule has 144 valence electrons. The quantitative estimate of drug-likeness (QED) is 0.747. The molecule has 2 heterocycles. The average Bonchev–Trinajstić information content (AvgIpc) is 3.30. The van der Waals surface area contributed by atoms with E-state index >= 15 is 0 Å². The molecular weight excluding hydrogens is 380 g/mol. The van der Waals surface area contributed by atoms with E-state index in [-0.39, 0.29) is 12.3 Å². The van der Waals surface area contributed by atoms with Crippen molar-refractivity contribution in [3.05, 3.63) is 40.9 Å². The van der Waals surface area contributed by atoms with Crippen molar-refractivity contribution >= 4 is 39.9 Å². The number of rotatable bonds is 6. The molecule has 1 aromatic carbocycles. The average molecular weight is 398 g/mol. The highest BCUT2D eigenvalue weighted by Gasteiger charge is 2.25. The van der Waals surface area contributed by atoms with Crippen LogP contribution in [-0.4, -0.2) is 35.4 Å². The van der Waals surface area contributed by atoms with Gasteiger partial charge in [0, 0.05) is 24.0 Å². The molecule has 1 aliphatic heterocycles. The molecule has 0 radical (unpaired) electrons. The number of nitrogens with one attached hydrogen (secondary N) is 1. The van der Waals surface area contributed by atoms with Crippen molar-refractivity contribution in [1.82, 2.24) is 4.98 Å². The van der Waals surface area contributed by atoms with Gasteiger partial charge in [-0.3, -0.25) is 19.3 Å². The molecule has 8 nitrogen and oxygen atoms in total. The summed E-state index contributed by atoms with van der Waals surface area (Å²) >= 11 is 1.31. The first-order valence-electron chi connectivity index (χ1n) is 8.71. The predicted octanol–water partition coefficient (Wildman–Crippen LogP) is 2.25. The summed E-state index contributed by atoms with van der Waals surface area (Å²) in [4.78, 5) is 41.9. The smallest absolute Gasteiger partial charge is 0.312 e. The van der Waals surface area contributed by atoms with Crippen LogP contribution in [0.3, 0.4) is 0 Å². The number of nitriles is 1. The van der Waals surface area contributed by atoms with Gasteiger partial charge in [0.2, 0.25) is 5.91 Å². The summed E-state index contributed by atoms with van der Waals surface area (Å²) in [6.07, 6.45) is 0.263. The van der Waals surface area contributed by atoms with Gasteiger partial charge in [0.15, 0.2) is 11.2 Å². The number of carbonyl (C=O) groups excluding carboxylic acids is 3. The minimum atomic E-state index is -0.985. The van der Waals surface area contributed by atoms with Crippen LogP contribution in [0.4, 0.5) is 10.8 Å². The lowest BCUT2D eigenvalue weighted by atomic mass is 10.2. The Morgan fingerprint density at radius 2 is 2.14 bits per heavy atom. The van der Waals surface area contributed by atoms with Crippen LogP contribution < -0.4 is 10.2 Å². The van der Waals surface area contributed by atoms with Crippen molar-refractivity contribution in [2.75, 3.05) is 16.8 Å². The molecule has 2 amide bonds. The van der Waals surface area contributed by atoms with Gasteiger partial charge in [0.1, 0.15) is 0 Å². The first kappa shape index (κ1) is 19.5. The number of amides is 2. The lowest BCUT2D eigenvalue weighted by Gasteiger charge is -2.13. The number of thiazole rings is 1. The Morgan fingerprint density at radius 3 is 2.79 bits per heavy atom. The monoisotopic (exact) mass is 398 g/mol. The van der Waals surface area contributed by atoms with E-state index in [4.69, 9.17) is 10.00 Å². The van der Waals surface area contributed by atoms with Gasteiger partial charge in [-0.2, -0.15) is 5.26 Å². The minimum Gasteiger partial charge on any atom is -0.452 e. The van der Waals surface area contributed by atoms with E-state index in [1.54, 1.807) is 34.5 Å². The number of ether oxygens (including phenoxy) is 1. The Morgan fingerprint density at radius 1 is 1.39 bits per heavy atom. The van der Waals surface area contributed by atoms with Gasteiger partial charge in [-0.05, 0) is 37.6 Å².